The average molecular weight is 485 g/mol. The second-order valence-corrected chi connectivity index (χ2v) is 10.1. The summed E-state index contributed by atoms with van der Waals surface area (Å²) < 4.78 is 11.8. The van der Waals surface area contributed by atoms with Gasteiger partial charge in [-0.25, -0.2) is 0 Å². The summed E-state index contributed by atoms with van der Waals surface area (Å²) >= 11 is 0. The summed E-state index contributed by atoms with van der Waals surface area (Å²) in [6, 6.07) is 25.8. The van der Waals surface area contributed by atoms with Gasteiger partial charge >= 0.3 is 0 Å². The van der Waals surface area contributed by atoms with E-state index in [4.69, 9.17) is 9.47 Å². The summed E-state index contributed by atoms with van der Waals surface area (Å²) in [6.45, 7) is 5.16. The molecule has 0 aliphatic carbocycles. The number of anilines is 1. The van der Waals surface area contributed by atoms with E-state index >= 15 is 0 Å². The van der Waals surface area contributed by atoms with Crippen molar-refractivity contribution in [3.8, 4) is 11.5 Å². The van der Waals surface area contributed by atoms with Crippen LogP contribution in [0.2, 0.25) is 0 Å². The summed E-state index contributed by atoms with van der Waals surface area (Å²) in [7, 11) is 1.71. The van der Waals surface area contributed by atoms with Gasteiger partial charge in [-0.15, -0.1) is 0 Å². The highest BCUT2D eigenvalue weighted by Gasteiger charge is 2.32. The fourth-order valence-electron chi connectivity index (χ4n) is 5.72. The van der Waals surface area contributed by atoms with Crippen LogP contribution in [0.3, 0.4) is 0 Å². The van der Waals surface area contributed by atoms with Gasteiger partial charge in [-0.05, 0) is 73.5 Å². The highest BCUT2D eigenvalue weighted by atomic mass is 16.5. The Kier molecular flexibility index (Phi) is 7.57. The van der Waals surface area contributed by atoms with Crippen molar-refractivity contribution < 1.29 is 14.3 Å². The van der Waals surface area contributed by atoms with Crippen molar-refractivity contribution in [2.75, 3.05) is 32.1 Å². The quantitative estimate of drug-likeness (QED) is 0.446. The molecule has 1 N–H and O–H groups in total. The lowest BCUT2D eigenvalue weighted by Crippen LogP contribution is -2.35. The minimum atomic E-state index is 0.0508. The zero-order valence-corrected chi connectivity index (χ0v) is 21.3. The number of benzene rings is 3. The number of fused-ring (bicyclic) bond motifs is 1. The number of hydrogen-bond acceptors (Lipinski definition) is 4. The van der Waals surface area contributed by atoms with Crippen LogP contribution in [0.5, 0.6) is 11.5 Å². The molecule has 5 rings (SSSR count). The first-order valence-corrected chi connectivity index (χ1v) is 13.1. The first-order chi connectivity index (χ1) is 17.6. The number of hydrogen-bond donors (Lipinski definition) is 1. The lowest BCUT2D eigenvalue weighted by molar-refractivity contribution is -0.115. The zero-order chi connectivity index (χ0) is 24.9. The van der Waals surface area contributed by atoms with E-state index in [9.17, 15) is 4.79 Å². The van der Waals surface area contributed by atoms with Crippen molar-refractivity contribution in [2.24, 2.45) is 5.92 Å². The molecule has 1 fully saturated rings. The standard InChI is InChI=1S/C31H36N2O3/c1-22-18-26(21-36-28-13-10-25-19-31(34)32-30(25)20-28)29(24-8-11-27(35-2)12-9-24)15-17-33(22)16-14-23-6-4-3-5-7-23/h3-13,20,22,26,29H,14-19,21H2,1-2H3,(H,32,34)/t22?,26-,29-/m1/s1. The summed E-state index contributed by atoms with van der Waals surface area (Å²) in [5.74, 6) is 2.56. The van der Waals surface area contributed by atoms with Gasteiger partial charge in [-0.3, -0.25) is 4.79 Å². The van der Waals surface area contributed by atoms with Gasteiger partial charge in [0.2, 0.25) is 5.91 Å². The molecule has 0 radical (unpaired) electrons. The molecule has 1 amide bonds. The summed E-state index contributed by atoms with van der Waals surface area (Å²) in [5.41, 5.74) is 4.66. The molecule has 0 saturated carbocycles. The second kappa shape index (κ2) is 11.2. The van der Waals surface area contributed by atoms with E-state index in [2.05, 4.69) is 71.7 Å². The van der Waals surface area contributed by atoms with E-state index < -0.39 is 0 Å². The van der Waals surface area contributed by atoms with Gasteiger partial charge in [-0.2, -0.15) is 0 Å². The molecule has 3 aromatic rings. The number of nitrogens with zero attached hydrogens (tertiary/aromatic N) is 1. The summed E-state index contributed by atoms with van der Waals surface area (Å²) in [6.07, 6.45) is 3.70. The molecular formula is C31H36N2O3. The third kappa shape index (κ3) is 5.73. The van der Waals surface area contributed by atoms with Gasteiger partial charge in [0, 0.05) is 30.3 Å². The largest absolute Gasteiger partial charge is 0.497 e. The molecule has 36 heavy (non-hydrogen) atoms. The molecule has 3 atom stereocenters. The molecular weight excluding hydrogens is 448 g/mol. The number of ether oxygens (including phenoxy) is 2. The molecule has 2 heterocycles. The maximum atomic E-state index is 11.7. The Balaban J connectivity index is 1.31. The fourth-order valence-corrected chi connectivity index (χ4v) is 5.72. The Bertz CT molecular complexity index is 1160. The zero-order valence-electron chi connectivity index (χ0n) is 21.3. The van der Waals surface area contributed by atoms with Crippen molar-refractivity contribution in [3.63, 3.8) is 0 Å². The number of carbonyl (C=O) groups is 1. The minimum Gasteiger partial charge on any atom is -0.497 e. The Labute approximate surface area is 214 Å². The van der Waals surface area contributed by atoms with Gasteiger partial charge in [0.05, 0.1) is 20.1 Å². The monoisotopic (exact) mass is 484 g/mol. The van der Waals surface area contributed by atoms with Crippen LogP contribution in [0.25, 0.3) is 0 Å². The molecule has 0 bridgehead atoms. The first kappa shape index (κ1) is 24.4. The average Bonchev–Trinajstić information content (AvgIpc) is 3.20. The minimum absolute atomic E-state index is 0.0508. The van der Waals surface area contributed by atoms with Crippen LogP contribution >= 0.6 is 0 Å². The normalized spacial score (nSPS) is 21.9. The summed E-state index contributed by atoms with van der Waals surface area (Å²) in [5, 5.41) is 2.93. The van der Waals surface area contributed by atoms with Gasteiger partial charge in [-0.1, -0.05) is 48.5 Å². The topological polar surface area (TPSA) is 50.8 Å². The van der Waals surface area contributed by atoms with Gasteiger partial charge < -0.3 is 19.7 Å². The molecule has 188 valence electrons. The van der Waals surface area contributed by atoms with Crippen LogP contribution < -0.4 is 14.8 Å². The Morgan fingerprint density at radius 2 is 1.78 bits per heavy atom. The van der Waals surface area contributed by atoms with Crippen LogP contribution in [-0.2, 0) is 17.6 Å². The second-order valence-electron chi connectivity index (χ2n) is 10.1. The number of rotatable bonds is 8. The molecule has 1 unspecified atom stereocenters. The van der Waals surface area contributed by atoms with Crippen LogP contribution in [0, 0.1) is 5.92 Å². The molecule has 0 aromatic heterocycles. The lowest BCUT2D eigenvalue weighted by Gasteiger charge is -2.28. The summed E-state index contributed by atoms with van der Waals surface area (Å²) in [4.78, 5) is 14.4. The van der Waals surface area contributed by atoms with Crippen LogP contribution in [0.1, 0.15) is 42.4 Å². The SMILES string of the molecule is COc1ccc([C@H]2CCN(CCc3ccccc3)C(C)C[C@@H]2COc2ccc3c(c2)NC(=O)C3)cc1. The maximum absolute atomic E-state index is 11.7. The Hall–Kier alpha value is -3.31. The van der Waals surface area contributed by atoms with E-state index in [1.165, 1.54) is 11.1 Å². The van der Waals surface area contributed by atoms with Crippen LogP contribution in [0.4, 0.5) is 5.69 Å². The third-order valence-corrected chi connectivity index (χ3v) is 7.81. The number of carbonyl (C=O) groups excluding carboxylic acids is 1. The number of amides is 1. The van der Waals surface area contributed by atoms with Crippen molar-refractivity contribution >= 4 is 11.6 Å². The van der Waals surface area contributed by atoms with Crippen LogP contribution in [0.15, 0.2) is 72.8 Å². The molecule has 3 aromatic carbocycles. The van der Waals surface area contributed by atoms with Gasteiger partial charge in [0.15, 0.2) is 0 Å². The van der Waals surface area contributed by atoms with Crippen LogP contribution in [-0.4, -0.2) is 43.7 Å². The van der Waals surface area contributed by atoms with E-state index in [1.54, 1.807) is 7.11 Å². The van der Waals surface area contributed by atoms with Gasteiger partial charge in [0.1, 0.15) is 11.5 Å². The van der Waals surface area contributed by atoms with E-state index in [0.717, 1.165) is 55.1 Å². The predicted molar refractivity (Wildman–Crippen MR) is 144 cm³/mol. The van der Waals surface area contributed by atoms with Crippen molar-refractivity contribution in [3.05, 3.63) is 89.5 Å². The number of likely N-dealkylation sites (tertiary alicyclic amines) is 1. The number of methoxy groups -OCH3 is 1. The van der Waals surface area contributed by atoms with E-state index in [1.807, 2.05) is 18.2 Å². The molecule has 0 spiro atoms. The number of nitrogens with one attached hydrogen (secondary N) is 1. The first-order valence-electron chi connectivity index (χ1n) is 13.1. The van der Waals surface area contributed by atoms with E-state index in [0.29, 0.717) is 30.9 Å². The third-order valence-electron chi connectivity index (χ3n) is 7.81. The predicted octanol–water partition coefficient (Wildman–Crippen LogP) is 5.70. The van der Waals surface area contributed by atoms with Crippen molar-refractivity contribution in [2.45, 2.75) is 44.6 Å². The van der Waals surface area contributed by atoms with Crippen molar-refractivity contribution in [1.29, 1.82) is 0 Å². The smallest absolute Gasteiger partial charge is 0.228 e. The lowest BCUT2D eigenvalue weighted by atomic mass is 9.82. The van der Waals surface area contributed by atoms with E-state index in [-0.39, 0.29) is 5.91 Å². The Morgan fingerprint density at radius 3 is 2.56 bits per heavy atom. The molecule has 2 aliphatic heterocycles. The molecule has 5 heteroatoms. The molecule has 2 aliphatic rings. The highest BCUT2D eigenvalue weighted by Crippen LogP contribution is 2.37. The Morgan fingerprint density at radius 1 is 1.00 bits per heavy atom. The maximum Gasteiger partial charge on any atom is 0.228 e. The van der Waals surface area contributed by atoms with Gasteiger partial charge in [0.25, 0.3) is 0 Å². The highest BCUT2D eigenvalue weighted by molar-refractivity contribution is 5.99. The fraction of sp³-hybridized carbons (Fsp3) is 0.387. The molecule has 5 nitrogen and oxygen atoms in total. The molecule has 1 saturated heterocycles. The van der Waals surface area contributed by atoms with Crippen molar-refractivity contribution in [1.82, 2.24) is 4.90 Å².